The number of aryl methyl sites for hydroxylation is 1. The number of carbonyl (C=O) groups is 1. The fourth-order valence-corrected chi connectivity index (χ4v) is 5.01. The minimum atomic E-state index is -0.119. The lowest BCUT2D eigenvalue weighted by atomic mass is 9.89. The Bertz CT molecular complexity index is 1000. The molecule has 5 nitrogen and oxygen atoms in total. The topological polar surface area (TPSA) is 71.2 Å². The molecule has 6 heteroatoms. The molecule has 1 amide bonds. The van der Waals surface area contributed by atoms with E-state index in [1.54, 1.807) is 0 Å². The molecule has 0 radical (unpaired) electrons. The van der Waals surface area contributed by atoms with Gasteiger partial charge in [0.25, 0.3) is 5.91 Å². The second-order valence-corrected chi connectivity index (χ2v) is 8.97. The van der Waals surface area contributed by atoms with Crippen molar-refractivity contribution in [1.82, 2.24) is 15.2 Å². The molecule has 0 unspecified atom stereocenters. The van der Waals surface area contributed by atoms with Gasteiger partial charge in [0.1, 0.15) is 9.71 Å². The summed E-state index contributed by atoms with van der Waals surface area (Å²) in [4.78, 5) is 20.8. The van der Waals surface area contributed by atoms with E-state index in [1.807, 2.05) is 19.1 Å². The number of nitrogens with zero attached hydrogens (tertiary/aromatic N) is 2. The van der Waals surface area contributed by atoms with Gasteiger partial charge < -0.3 is 16.0 Å². The Kier molecular flexibility index (Phi) is 5.83. The molecular weight excluding hydrogens is 380 g/mol. The molecule has 0 spiro atoms. The van der Waals surface area contributed by atoms with Gasteiger partial charge in [-0.2, -0.15) is 0 Å². The lowest BCUT2D eigenvalue weighted by Gasteiger charge is -2.29. The maximum absolute atomic E-state index is 12.6. The number of pyridine rings is 1. The van der Waals surface area contributed by atoms with Crippen LogP contribution in [-0.4, -0.2) is 42.5 Å². The van der Waals surface area contributed by atoms with Crippen LogP contribution in [0.25, 0.3) is 10.2 Å². The molecule has 0 bridgehead atoms. The molecule has 1 aromatic carbocycles. The molecule has 2 aromatic heterocycles. The standard InChI is InChI=1S/C23H28N4OS/c1-15-3-8-19-20(24)21(29-23(19)26-15)22(28)25-12-9-16-4-6-17(7-5-16)18-10-13-27(2)14-11-18/h3-8,18H,9-14,24H2,1-2H3,(H,25,28). The van der Waals surface area contributed by atoms with Crippen LogP contribution in [-0.2, 0) is 6.42 Å². The first-order chi connectivity index (χ1) is 14.0. The van der Waals surface area contributed by atoms with Crippen molar-refractivity contribution < 1.29 is 4.79 Å². The number of likely N-dealkylation sites (tertiary alicyclic amines) is 1. The largest absolute Gasteiger partial charge is 0.397 e. The van der Waals surface area contributed by atoms with Gasteiger partial charge in [0.2, 0.25) is 0 Å². The third-order valence-electron chi connectivity index (χ3n) is 5.81. The molecule has 0 atom stereocenters. The first-order valence-corrected chi connectivity index (χ1v) is 11.0. The summed E-state index contributed by atoms with van der Waals surface area (Å²) in [6, 6.07) is 12.8. The van der Waals surface area contributed by atoms with Gasteiger partial charge in [0, 0.05) is 17.6 Å². The minimum absolute atomic E-state index is 0.119. The van der Waals surface area contributed by atoms with E-state index in [4.69, 9.17) is 5.73 Å². The molecule has 3 aromatic rings. The lowest BCUT2D eigenvalue weighted by molar-refractivity contribution is 0.0959. The van der Waals surface area contributed by atoms with E-state index in [0.29, 0.717) is 23.0 Å². The number of nitrogen functional groups attached to an aromatic ring is 1. The van der Waals surface area contributed by atoms with E-state index >= 15 is 0 Å². The summed E-state index contributed by atoms with van der Waals surface area (Å²) in [5.74, 6) is 0.555. The van der Waals surface area contributed by atoms with Crippen LogP contribution in [0, 0.1) is 6.92 Å². The Balaban J connectivity index is 1.33. The van der Waals surface area contributed by atoms with Crippen molar-refractivity contribution >= 4 is 33.1 Å². The highest BCUT2D eigenvalue weighted by Gasteiger charge is 2.19. The quantitative estimate of drug-likeness (QED) is 0.670. The number of anilines is 1. The van der Waals surface area contributed by atoms with Crippen molar-refractivity contribution in [2.45, 2.75) is 32.1 Å². The molecule has 4 rings (SSSR count). The van der Waals surface area contributed by atoms with Crippen molar-refractivity contribution in [3.8, 4) is 0 Å². The van der Waals surface area contributed by atoms with E-state index in [0.717, 1.165) is 22.3 Å². The fraction of sp³-hybridized carbons (Fsp3) is 0.391. The van der Waals surface area contributed by atoms with E-state index in [9.17, 15) is 4.79 Å². The van der Waals surface area contributed by atoms with Gasteiger partial charge in [0.05, 0.1) is 5.69 Å². The number of benzene rings is 1. The molecule has 3 N–H and O–H groups in total. The highest BCUT2D eigenvalue weighted by molar-refractivity contribution is 7.21. The molecule has 0 aliphatic carbocycles. The Hall–Kier alpha value is -2.44. The van der Waals surface area contributed by atoms with Crippen LogP contribution in [0.15, 0.2) is 36.4 Å². The molecule has 1 fully saturated rings. The Morgan fingerprint density at radius 2 is 1.93 bits per heavy atom. The van der Waals surface area contributed by atoms with E-state index in [-0.39, 0.29) is 5.91 Å². The molecule has 3 heterocycles. The zero-order valence-corrected chi connectivity index (χ0v) is 17.9. The number of fused-ring (bicyclic) bond motifs is 1. The van der Waals surface area contributed by atoms with Crippen LogP contribution in [0.2, 0.25) is 0 Å². The molecule has 1 aliphatic rings. The Morgan fingerprint density at radius 3 is 2.66 bits per heavy atom. The zero-order chi connectivity index (χ0) is 20.4. The van der Waals surface area contributed by atoms with Crippen molar-refractivity contribution in [1.29, 1.82) is 0 Å². The number of amides is 1. The van der Waals surface area contributed by atoms with Crippen molar-refractivity contribution in [3.63, 3.8) is 0 Å². The second-order valence-electron chi connectivity index (χ2n) is 7.98. The van der Waals surface area contributed by atoms with Crippen LogP contribution in [0.5, 0.6) is 0 Å². The number of hydrogen-bond donors (Lipinski definition) is 2. The number of nitrogens with one attached hydrogen (secondary N) is 1. The third-order valence-corrected chi connectivity index (χ3v) is 6.92. The first kappa shape index (κ1) is 19.9. The van der Waals surface area contributed by atoms with Gasteiger partial charge in [-0.1, -0.05) is 24.3 Å². The second kappa shape index (κ2) is 8.51. The highest BCUT2D eigenvalue weighted by Crippen LogP contribution is 2.32. The Morgan fingerprint density at radius 1 is 1.21 bits per heavy atom. The molecule has 1 saturated heterocycles. The number of hydrogen-bond acceptors (Lipinski definition) is 5. The van der Waals surface area contributed by atoms with Gasteiger partial charge in [-0.3, -0.25) is 4.79 Å². The average Bonchev–Trinajstić information content (AvgIpc) is 3.05. The number of nitrogens with two attached hydrogens (primary N) is 1. The van der Waals surface area contributed by atoms with Gasteiger partial charge in [-0.05, 0) is 75.5 Å². The van der Waals surface area contributed by atoms with Crippen LogP contribution < -0.4 is 11.1 Å². The van der Waals surface area contributed by atoms with Gasteiger partial charge in [-0.15, -0.1) is 11.3 Å². The van der Waals surface area contributed by atoms with Gasteiger partial charge >= 0.3 is 0 Å². The van der Waals surface area contributed by atoms with Gasteiger partial charge in [-0.25, -0.2) is 4.98 Å². The van der Waals surface area contributed by atoms with Crippen molar-refractivity contribution in [2.75, 3.05) is 32.4 Å². The highest BCUT2D eigenvalue weighted by atomic mass is 32.1. The molecule has 152 valence electrons. The number of carbonyl (C=O) groups excluding carboxylic acids is 1. The predicted molar refractivity (Wildman–Crippen MR) is 121 cm³/mol. The predicted octanol–water partition coefficient (Wildman–Crippen LogP) is 3.97. The van der Waals surface area contributed by atoms with Crippen LogP contribution in [0.3, 0.4) is 0 Å². The maximum atomic E-state index is 12.6. The third kappa shape index (κ3) is 4.43. The monoisotopic (exact) mass is 408 g/mol. The molecule has 0 saturated carbocycles. The van der Waals surface area contributed by atoms with E-state index in [1.165, 1.54) is 48.4 Å². The number of aromatic nitrogens is 1. The summed E-state index contributed by atoms with van der Waals surface area (Å²) in [5.41, 5.74) is 10.3. The minimum Gasteiger partial charge on any atom is -0.397 e. The summed E-state index contributed by atoms with van der Waals surface area (Å²) < 4.78 is 0. The number of piperidine rings is 1. The summed E-state index contributed by atoms with van der Waals surface area (Å²) in [6.45, 7) is 4.88. The normalized spacial score (nSPS) is 15.7. The fourth-order valence-electron chi connectivity index (χ4n) is 3.96. The summed E-state index contributed by atoms with van der Waals surface area (Å²) in [6.07, 6.45) is 3.27. The average molecular weight is 409 g/mol. The lowest BCUT2D eigenvalue weighted by Crippen LogP contribution is -2.29. The van der Waals surface area contributed by atoms with Crippen molar-refractivity contribution in [2.24, 2.45) is 0 Å². The summed E-state index contributed by atoms with van der Waals surface area (Å²) in [7, 11) is 2.19. The molecule has 29 heavy (non-hydrogen) atoms. The molecular formula is C23H28N4OS. The number of rotatable bonds is 5. The Labute approximate surface area is 175 Å². The summed E-state index contributed by atoms with van der Waals surface area (Å²) in [5, 5.41) is 3.86. The van der Waals surface area contributed by atoms with Gasteiger partial charge in [0.15, 0.2) is 0 Å². The van der Waals surface area contributed by atoms with Crippen molar-refractivity contribution in [3.05, 3.63) is 58.1 Å². The van der Waals surface area contributed by atoms with E-state index < -0.39 is 0 Å². The first-order valence-electron chi connectivity index (χ1n) is 10.2. The summed E-state index contributed by atoms with van der Waals surface area (Å²) >= 11 is 1.36. The van der Waals surface area contributed by atoms with Crippen LogP contribution in [0.4, 0.5) is 5.69 Å². The maximum Gasteiger partial charge on any atom is 0.263 e. The van der Waals surface area contributed by atoms with E-state index in [2.05, 4.69) is 46.5 Å². The molecule has 1 aliphatic heterocycles. The van der Waals surface area contributed by atoms with Crippen LogP contribution >= 0.6 is 11.3 Å². The smallest absolute Gasteiger partial charge is 0.263 e. The zero-order valence-electron chi connectivity index (χ0n) is 17.1. The van der Waals surface area contributed by atoms with Crippen LogP contribution in [0.1, 0.15) is 45.3 Å². The SMILES string of the molecule is Cc1ccc2c(N)c(C(=O)NCCc3ccc(C4CCN(C)CC4)cc3)sc2n1. The number of thiophene rings is 1.